The number of amides is 3. The topological polar surface area (TPSA) is 87.3 Å². The average Bonchev–Trinajstić information content (AvgIpc) is 3.14. The molecule has 0 unspecified atom stereocenters. The van der Waals surface area contributed by atoms with Gasteiger partial charge in [0.2, 0.25) is 5.91 Å². The second-order valence-electron chi connectivity index (χ2n) is 4.96. The van der Waals surface area contributed by atoms with E-state index < -0.39 is 0 Å². The van der Waals surface area contributed by atoms with Crippen LogP contribution in [-0.2, 0) is 4.79 Å². The Morgan fingerprint density at radius 3 is 2.56 bits per heavy atom. The quantitative estimate of drug-likeness (QED) is 0.663. The highest BCUT2D eigenvalue weighted by molar-refractivity contribution is 7.12. The van der Waals surface area contributed by atoms with E-state index in [2.05, 4.69) is 21.9 Å². The van der Waals surface area contributed by atoms with E-state index in [0.29, 0.717) is 16.1 Å². The second-order valence-corrected chi connectivity index (χ2v) is 5.91. The Balaban J connectivity index is 1.87. The molecule has 1 heterocycles. The van der Waals surface area contributed by atoms with Gasteiger partial charge in [0.25, 0.3) is 11.8 Å². The fourth-order valence-corrected chi connectivity index (χ4v) is 2.65. The smallest absolute Gasteiger partial charge is 0.261 e. The van der Waals surface area contributed by atoms with Crippen LogP contribution in [0.25, 0.3) is 0 Å². The lowest BCUT2D eigenvalue weighted by molar-refractivity contribution is -0.116. The largest absolute Gasteiger partial charge is 0.351 e. The van der Waals surface area contributed by atoms with Crippen molar-refractivity contribution in [1.82, 2.24) is 10.6 Å². The van der Waals surface area contributed by atoms with Gasteiger partial charge in [0.05, 0.1) is 22.7 Å². The molecule has 0 saturated carbocycles. The van der Waals surface area contributed by atoms with Crippen molar-refractivity contribution in [2.75, 3.05) is 18.4 Å². The number of carbonyl (C=O) groups is 3. The Bertz CT molecular complexity index is 794. The van der Waals surface area contributed by atoms with Gasteiger partial charge in [-0.05, 0) is 23.6 Å². The summed E-state index contributed by atoms with van der Waals surface area (Å²) in [6.07, 6.45) is 5.21. The molecule has 1 aromatic carbocycles. The molecule has 2 aromatic rings. The third-order valence-electron chi connectivity index (χ3n) is 3.18. The van der Waals surface area contributed by atoms with Crippen molar-refractivity contribution in [2.45, 2.75) is 6.42 Å². The Morgan fingerprint density at radius 2 is 1.84 bits per heavy atom. The molecule has 0 aliphatic heterocycles. The molecule has 128 valence electrons. The summed E-state index contributed by atoms with van der Waals surface area (Å²) in [4.78, 5) is 36.5. The Morgan fingerprint density at radius 1 is 1.04 bits per heavy atom. The first-order chi connectivity index (χ1) is 12.1. The van der Waals surface area contributed by atoms with Crippen molar-refractivity contribution < 1.29 is 14.4 Å². The van der Waals surface area contributed by atoms with Gasteiger partial charge in [-0.1, -0.05) is 24.1 Å². The molecule has 0 atom stereocenters. The zero-order valence-corrected chi connectivity index (χ0v) is 14.2. The first-order valence-electron chi connectivity index (χ1n) is 7.54. The molecule has 0 bridgehead atoms. The number of terminal acetylenes is 1. The molecule has 0 radical (unpaired) electrons. The van der Waals surface area contributed by atoms with Crippen molar-refractivity contribution in [3.8, 4) is 12.3 Å². The highest BCUT2D eigenvalue weighted by Crippen LogP contribution is 2.15. The van der Waals surface area contributed by atoms with E-state index >= 15 is 0 Å². The van der Waals surface area contributed by atoms with Crippen LogP contribution in [0.4, 0.5) is 5.69 Å². The predicted molar refractivity (Wildman–Crippen MR) is 97.5 cm³/mol. The summed E-state index contributed by atoms with van der Waals surface area (Å²) < 4.78 is 0. The minimum absolute atomic E-state index is 0.0947. The van der Waals surface area contributed by atoms with Gasteiger partial charge < -0.3 is 16.0 Å². The van der Waals surface area contributed by atoms with Crippen LogP contribution in [-0.4, -0.2) is 30.8 Å². The van der Waals surface area contributed by atoms with E-state index in [4.69, 9.17) is 6.42 Å². The number of carbonyl (C=O) groups excluding carboxylic acids is 3. The standard InChI is InChI=1S/C18H17N3O3S/c1-2-10-19-17(23)13-6-3-4-7-14(13)21-16(22)9-11-20-18(24)15-8-5-12-25-15/h1,3-8,12H,9-11H2,(H,19,23)(H,20,24)(H,21,22). The molecule has 0 spiro atoms. The number of thiophene rings is 1. The normalized spacial score (nSPS) is 9.72. The van der Waals surface area contributed by atoms with E-state index in [-0.39, 0.29) is 37.2 Å². The molecule has 0 aliphatic rings. The van der Waals surface area contributed by atoms with Crippen molar-refractivity contribution in [3.05, 3.63) is 52.2 Å². The highest BCUT2D eigenvalue weighted by Gasteiger charge is 2.13. The SMILES string of the molecule is C#CCNC(=O)c1ccccc1NC(=O)CCNC(=O)c1cccs1. The monoisotopic (exact) mass is 355 g/mol. The maximum atomic E-state index is 12.0. The van der Waals surface area contributed by atoms with Gasteiger partial charge in [-0.15, -0.1) is 17.8 Å². The number of para-hydroxylation sites is 1. The lowest BCUT2D eigenvalue weighted by Gasteiger charge is -2.11. The van der Waals surface area contributed by atoms with Crippen LogP contribution in [0, 0.1) is 12.3 Å². The molecule has 1 aromatic heterocycles. The first kappa shape index (κ1) is 18.2. The lowest BCUT2D eigenvalue weighted by Crippen LogP contribution is -2.28. The molecule has 7 heteroatoms. The van der Waals surface area contributed by atoms with E-state index in [9.17, 15) is 14.4 Å². The van der Waals surface area contributed by atoms with Crippen LogP contribution in [0.5, 0.6) is 0 Å². The van der Waals surface area contributed by atoms with Gasteiger partial charge in [0.1, 0.15) is 0 Å². The third-order valence-corrected chi connectivity index (χ3v) is 4.05. The number of benzene rings is 1. The average molecular weight is 355 g/mol. The minimum Gasteiger partial charge on any atom is -0.351 e. The third kappa shape index (κ3) is 5.48. The van der Waals surface area contributed by atoms with Gasteiger partial charge in [-0.25, -0.2) is 0 Å². The molecule has 6 nitrogen and oxygen atoms in total. The fraction of sp³-hybridized carbons (Fsp3) is 0.167. The number of rotatable bonds is 7. The zero-order valence-electron chi connectivity index (χ0n) is 13.4. The van der Waals surface area contributed by atoms with E-state index in [0.717, 1.165) is 0 Å². The summed E-state index contributed by atoms with van der Waals surface area (Å²) in [6, 6.07) is 10.1. The fourth-order valence-electron chi connectivity index (χ4n) is 2.01. The summed E-state index contributed by atoms with van der Waals surface area (Å²) in [7, 11) is 0. The van der Waals surface area contributed by atoms with Crippen LogP contribution in [0.2, 0.25) is 0 Å². The summed E-state index contributed by atoms with van der Waals surface area (Å²) >= 11 is 1.33. The Labute approximate surface area is 149 Å². The van der Waals surface area contributed by atoms with E-state index in [1.54, 1.807) is 36.4 Å². The van der Waals surface area contributed by atoms with Crippen LogP contribution >= 0.6 is 11.3 Å². The van der Waals surface area contributed by atoms with Gasteiger partial charge in [-0.3, -0.25) is 14.4 Å². The molecule has 0 fully saturated rings. The Kier molecular flexibility index (Phi) is 6.75. The van der Waals surface area contributed by atoms with Crippen molar-refractivity contribution in [1.29, 1.82) is 0 Å². The van der Waals surface area contributed by atoms with Gasteiger partial charge in [0.15, 0.2) is 0 Å². The number of anilines is 1. The number of hydrogen-bond acceptors (Lipinski definition) is 4. The predicted octanol–water partition coefficient (Wildman–Crippen LogP) is 1.87. The minimum atomic E-state index is -0.361. The van der Waals surface area contributed by atoms with Crippen molar-refractivity contribution in [3.63, 3.8) is 0 Å². The number of nitrogens with one attached hydrogen (secondary N) is 3. The molecule has 0 aliphatic carbocycles. The van der Waals surface area contributed by atoms with Gasteiger partial charge in [0, 0.05) is 13.0 Å². The summed E-state index contributed by atoms with van der Waals surface area (Å²) in [5.74, 6) is 1.45. The van der Waals surface area contributed by atoms with Crippen LogP contribution in [0.1, 0.15) is 26.5 Å². The van der Waals surface area contributed by atoms with Crippen LogP contribution in [0.3, 0.4) is 0 Å². The molecular weight excluding hydrogens is 338 g/mol. The lowest BCUT2D eigenvalue weighted by atomic mass is 10.1. The molecule has 25 heavy (non-hydrogen) atoms. The van der Waals surface area contributed by atoms with Gasteiger partial charge in [-0.2, -0.15) is 0 Å². The van der Waals surface area contributed by atoms with E-state index in [1.165, 1.54) is 11.3 Å². The summed E-state index contributed by atoms with van der Waals surface area (Å²) in [5.41, 5.74) is 0.723. The summed E-state index contributed by atoms with van der Waals surface area (Å²) in [6.45, 7) is 0.309. The van der Waals surface area contributed by atoms with E-state index in [1.807, 2.05) is 5.38 Å². The van der Waals surface area contributed by atoms with Crippen molar-refractivity contribution >= 4 is 34.7 Å². The maximum Gasteiger partial charge on any atom is 0.261 e. The zero-order chi connectivity index (χ0) is 18.1. The second kappa shape index (κ2) is 9.25. The summed E-state index contributed by atoms with van der Waals surface area (Å²) in [5, 5.41) is 9.72. The molecule has 3 amide bonds. The Hall–Kier alpha value is -3.11. The van der Waals surface area contributed by atoms with Crippen molar-refractivity contribution in [2.24, 2.45) is 0 Å². The van der Waals surface area contributed by atoms with Gasteiger partial charge >= 0.3 is 0 Å². The number of hydrogen-bond donors (Lipinski definition) is 3. The molecule has 0 saturated heterocycles. The highest BCUT2D eigenvalue weighted by atomic mass is 32.1. The maximum absolute atomic E-state index is 12.0. The first-order valence-corrected chi connectivity index (χ1v) is 8.42. The van der Waals surface area contributed by atoms with Crippen LogP contribution < -0.4 is 16.0 Å². The molecule has 2 rings (SSSR count). The van der Waals surface area contributed by atoms with Crippen LogP contribution in [0.15, 0.2) is 41.8 Å². The molecule has 3 N–H and O–H groups in total. The molecular formula is C18H17N3O3S.